The van der Waals surface area contributed by atoms with Crippen molar-refractivity contribution in [3.63, 3.8) is 0 Å². The van der Waals surface area contributed by atoms with Crippen LogP contribution in [-0.2, 0) is 10.3 Å². The Morgan fingerprint density at radius 2 is 1.78 bits per heavy atom. The van der Waals surface area contributed by atoms with Crippen molar-refractivity contribution in [3.05, 3.63) is 29.8 Å². The lowest BCUT2D eigenvalue weighted by atomic mass is 9.83. The summed E-state index contributed by atoms with van der Waals surface area (Å²) in [5, 5.41) is 0. The van der Waals surface area contributed by atoms with E-state index in [-0.39, 0.29) is 5.75 Å². The molecule has 2 N–H and O–H groups in total. The topological polar surface area (TPSA) is 44.5 Å². The zero-order valence-electron chi connectivity index (χ0n) is 9.67. The largest absolute Gasteiger partial charge is 0.573 e. The smallest absolute Gasteiger partial charge is 0.405 e. The average Bonchev–Trinajstić information content (AvgIpc) is 2.28. The summed E-state index contributed by atoms with van der Waals surface area (Å²) < 4.78 is 46.2. The molecule has 1 aromatic carbocycles. The Kier molecular flexibility index (Phi) is 3.49. The molecule has 2 rings (SSSR count). The van der Waals surface area contributed by atoms with E-state index >= 15 is 0 Å². The second kappa shape index (κ2) is 4.78. The van der Waals surface area contributed by atoms with Crippen molar-refractivity contribution in [3.8, 4) is 5.75 Å². The highest BCUT2D eigenvalue weighted by Crippen LogP contribution is 2.37. The first-order valence-electron chi connectivity index (χ1n) is 5.63. The predicted molar refractivity (Wildman–Crippen MR) is 59.0 cm³/mol. The van der Waals surface area contributed by atoms with E-state index in [9.17, 15) is 13.2 Å². The predicted octanol–water partition coefficient (Wildman–Crippen LogP) is 2.55. The third-order valence-corrected chi connectivity index (χ3v) is 3.03. The van der Waals surface area contributed by atoms with Gasteiger partial charge in [-0.15, -0.1) is 13.2 Å². The highest BCUT2D eigenvalue weighted by molar-refractivity contribution is 5.39. The van der Waals surface area contributed by atoms with Crippen LogP contribution in [0.5, 0.6) is 5.75 Å². The minimum absolute atomic E-state index is 0.227. The van der Waals surface area contributed by atoms with Gasteiger partial charge in [-0.3, -0.25) is 0 Å². The number of alkyl halides is 3. The van der Waals surface area contributed by atoms with Crippen LogP contribution >= 0.6 is 0 Å². The lowest BCUT2D eigenvalue weighted by molar-refractivity contribution is -0.275. The van der Waals surface area contributed by atoms with Gasteiger partial charge < -0.3 is 15.2 Å². The molecule has 1 aliphatic heterocycles. The maximum absolute atomic E-state index is 12.3. The summed E-state index contributed by atoms with van der Waals surface area (Å²) in [5.41, 5.74) is 5.73. The molecular formula is C12H14F3NO2. The minimum Gasteiger partial charge on any atom is -0.405 e. The van der Waals surface area contributed by atoms with Crippen LogP contribution in [0, 0.1) is 0 Å². The minimum atomic E-state index is -4.71. The second-order valence-electron chi connectivity index (χ2n) is 4.31. The Morgan fingerprint density at radius 3 is 2.39 bits per heavy atom. The molecule has 0 aliphatic carbocycles. The molecule has 0 spiro atoms. The lowest BCUT2D eigenvalue weighted by Gasteiger charge is -2.34. The van der Waals surface area contributed by atoms with Crippen molar-refractivity contribution in [2.75, 3.05) is 13.2 Å². The van der Waals surface area contributed by atoms with E-state index in [4.69, 9.17) is 10.5 Å². The number of hydrogen-bond donors (Lipinski definition) is 1. The number of rotatable bonds is 2. The van der Waals surface area contributed by atoms with Gasteiger partial charge in [0.2, 0.25) is 0 Å². The average molecular weight is 261 g/mol. The van der Waals surface area contributed by atoms with Gasteiger partial charge >= 0.3 is 6.36 Å². The van der Waals surface area contributed by atoms with E-state index in [2.05, 4.69) is 4.74 Å². The molecule has 0 radical (unpaired) electrons. The van der Waals surface area contributed by atoms with Gasteiger partial charge in [0.1, 0.15) is 5.75 Å². The summed E-state index contributed by atoms with van der Waals surface area (Å²) >= 11 is 0. The number of benzene rings is 1. The first kappa shape index (κ1) is 13.2. The maximum Gasteiger partial charge on any atom is 0.573 e. The van der Waals surface area contributed by atoms with Gasteiger partial charge in [0, 0.05) is 24.3 Å². The summed E-state index contributed by atoms with van der Waals surface area (Å²) in [7, 11) is 0. The van der Waals surface area contributed by atoms with E-state index in [0.29, 0.717) is 31.6 Å². The Hall–Kier alpha value is -1.27. The van der Waals surface area contributed by atoms with Gasteiger partial charge in [-0.1, -0.05) is 18.2 Å². The standard InChI is InChI=1S/C12H14F3NO2/c13-12(14,15)18-10-4-2-1-3-9(10)11(16)5-7-17-8-6-11/h1-4H,5-8,16H2. The molecule has 18 heavy (non-hydrogen) atoms. The van der Waals surface area contributed by atoms with Crippen LogP contribution in [0.3, 0.4) is 0 Å². The summed E-state index contributed by atoms with van der Waals surface area (Å²) in [6, 6.07) is 6.01. The van der Waals surface area contributed by atoms with Crippen LogP contribution in [0.4, 0.5) is 13.2 Å². The van der Waals surface area contributed by atoms with Gasteiger partial charge in [-0.25, -0.2) is 0 Å². The quantitative estimate of drug-likeness (QED) is 0.889. The zero-order chi connectivity index (χ0) is 13.2. The molecule has 1 aromatic rings. The first-order chi connectivity index (χ1) is 8.41. The highest BCUT2D eigenvalue weighted by atomic mass is 19.4. The molecule has 0 unspecified atom stereocenters. The fourth-order valence-corrected chi connectivity index (χ4v) is 2.10. The molecule has 0 bridgehead atoms. The van der Waals surface area contributed by atoms with Gasteiger partial charge in [0.15, 0.2) is 0 Å². The van der Waals surface area contributed by atoms with Crippen LogP contribution < -0.4 is 10.5 Å². The fraction of sp³-hybridized carbons (Fsp3) is 0.500. The first-order valence-corrected chi connectivity index (χ1v) is 5.63. The van der Waals surface area contributed by atoms with E-state index < -0.39 is 11.9 Å². The third-order valence-electron chi connectivity index (χ3n) is 3.03. The maximum atomic E-state index is 12.3. The van der Waals surface area contributed by atoms with Crippen LogP contribution in [0.1, 0.15) is 18.4 Å². The van der Waals surface area contributed by atoms with E-state index in [0.717, 1.165) is 0 Å². The van der Waals surface area contributed by atoms with Crippen LogP contribution in [-0.4, -0.2) is 19.6 Å². The van der Waals surface area contributed by atoms with Crippen molar-refractivity contribution >= 4 is 0 Å². The van der Waals surface area contributed by atoms with Crippen molar-refractivity contribution in [1.29, 1.82) is 0 Å². The van der Waals surface area contributed by atoms with E-state index in [1.54, 1.807) is 12.1 Å². The molecular weight excluding hydrogens is 247 g/mol. The van der Waals surface area contributed by atoms with E-state index in [1.165, 1.54) is 12.1 Å². The Bertz CT molecular complexity index is 414. The molecule has 0 saturated carbocycles. The summed E-state index contributed by atoms with van der Waals surface area (Å²) in [6.07, 6.45) is -3.76. The van der Waals surface area contributed by atoms with Crippen molar-refractivity contribution < 1.29 is 22.6 Å². The number of halogens is 3. The summed E-state index contributed by atoms with van der Waals surface area (Å²) in [6.45, 7) is 0.883. The number of nitrogens with two attached hydrogens (primary N) is 1. The fourth-order valence-electron chi connectivity index (χ4n) is 2.10. The molecule has 1 saturated heterocycles. The van der Waals surface area contributed by atoms with Gasteiger partial charge in [-0.2, -0.15) is 0 Å². The molecule has 6 heteroatoms. The number of hydrogen-bond acceptors (Lipinski definition) is 3. The van der Waals surface area contributed by atoms with E-state index in [1.807, 2.05) is 0 Å². The Morgan fingerprint density at radius 1 is 1.17 bits per heavy atom. The summed E-state index contributed by atoms with van der Waals surface area (Å²) in [5.74, 6) is -0.227. The lowest BCUT2D eigenvalue weighted by Crippen LogP contribution is -2.42. The van der Waals surface area contributed by atoms with Crippen LogP contribution in [0.25, 0.3) is 0 Å². The zero-order valence-corrected chi connectivity index (χ0v) is 9.67. The normalized spacial score (nSPS) is 19.6. The van der Waals surface area contributed by atoms with Gasteiger partial charge in [0.25, 0.3) is 0 Å². The monoisotopic (exact) mass is 261 g/mol. The molecule has 1 aliphatic rings. The van der Waals surface area contributed by atoms with Crippen molar-refractivity contribution in [2.45, 2.75) is 24.7 Å². The highest BCUT2D eigenvalue weighted by Gasteiger charge is 2.37. The van der Waals surface area contributed by atoms with Crippen molar-refractivity contribution in [1.82, 2.24) is 0 Å². The van der Waals surface area contributed by atoms with Crippen LogP contribution in [0.2, 0.25) is 0 Å². The number of ether oxygens (including phenoxy) is 2. The molecule has 0 amide bonds. The Labute approximate surface area is 103 Å². The van der Waals surface area contributed by atoms with Gasteiger partial charge in [-0.05, 0) is 18.9 Å². The molecule has 1 fully saturated rings. The number of para-hydroxylation sites is 1. The Balaban J connectivity index is 2.32. The molecule has 100 valence electrons. The molecule has 3 nitrogen and oxygen atoms in total. The van der Waals surface area contributed by atoms with Gasteiger partial charge in [0.05, 0.1) is 0 Å². The molecule has 0 atom stereocenters. The SMILES string of the molecule is NC1(c2ccccc2OC(F)(F)F)CCOCC1. The third kappa shape index (κ3) is 2.94. The van der Waals surface area contributed by atoms with Crippen molar-refractivity contribution in [2.24, 2.45) is 5.73 Å². The molecule has 1 heterocycles. The molecule has 0 aromatic heterocycles. The summed E-state index contributed by atoms with van der Waals surface area (Å²) in [4.78, 5) is 0. The second-order valence-corrected chi connectivity index (χ2v) is 4.31. The van der Waals surface area contributed by atoms with Crippen LogP contribution in [0.15, 0.2) is 24.3 Å².